The van der Waals surface area contributed by atoms with Crippen molar-refractivity contribution in [1.29, 1.82) is 0 Å². The minimum atomic E-state index is -0.387. The lowest BCUT2D eigenvalue weighted by Gasteiger charge is -2.12. The van der Waals surface area contributed by atoms with Gasteiger partial charge in [-0.1, -0.05) is 6.92 Å². The van der Waals surface area contributed by atoms with Gasteiger partial charge < -0.3 is 14.5 Å². The van der Waals surface area contributed by atoms with Gasteiger partial charge in [-0.15, -0.1) is 0 Å². The zero-order chi connectivity index (χ0) is 15.2. The number of Topliss-reactive ketones (excluding diaryl/α,β-unsaturated/α-hetero) is 1. The third-order valence-corrected chi connectivity index (χ3v) is 2.84. The van der Waals surface area contributed by atoms with Crippen molar-refractivity contribution < 1.29 is 18.7 Å². The Labute approximate surface area is 122 Å². The van der Waals surface area contributed by atoms with Crippen molar-refractivity contribution in [2.45, 2.75) is 20.3 Å². The van der Waals surface area contributed by atoms with E-state index in [0.717, 1.165) is 6.42 Å². The highest BCUT2D eigenvalue weighted by Crippen LogP contribution is 2.27. The number of anilines is 1. The number of nitrogens with one attached hydrogen (secondary N) is 1. The van der Waals surface area contributed by atoms with E-state index in [1.54, 1.807) is 30.3 Å². The standard InChI is InChI=1S/C16H17NO4/c1-3-8-20-14-7-6-12(11(2)18)10-13(14)17-16(19)15-5-4-9-21-15/h4-7,9-10H,3,8H2,1-2H3,(H,17,19). The first-order valence-corrected chi connectivity index (χ1v) is 6.74. The van der Waals surface area contributed by atoms with Crippen LogP contribution in [0.2, 0.25) is 0 Å². The first-order chi connectivity index (χ1) is 10.1. The van der Waals surface area contributed by atoms with E-state index in [0.29, 0.717) is 23.6 Å². The van der Waals surface area contributed by atoms with Crippen molar-refractivity contribution in [3.63, 3.8) is 0 Å². The summed E-state index contributed by atoms with van der Waals surface area (Å²) in [6.07, 6.45) is 2.27. The van der Waals surface area contributed by atoms with Crippen LogP contribution < -0.4 is 10.1 Å². The smallest absolute Gasteiger partial charge is 0.291 e. The number of rotatable bonds is 6. The second kappa shape index (κ2) is 6.74. The zero-order valence-corrected chi connectivity index (χ0v) is 12.0. The molecule has 5 heteroatoms. The van der Waals surface area contributed by atoms with Gasteiger partial charge in [0.15, 0.2) is 11.5 Å². The quantitative estimate of drug-likeness (QED) is 0.825. The highest BCUT2D eigenvalue weighted by Gasteiger charge is 2.14. The van der Waals surface area contributed by atoms with E-state index in [9.17, 15) is 9.59 Å². The Bertz CT molecular complexity index is 632. The summed E-state index contributed by atoms with van der Waals surface area (Å²) < 4.78 is 10.6. The Hall–Kier alpha value is -2.56. The van der Waals surface area contributed by atoms with Crippen LogP contribution in [0.3, 0.4) is 0 Å². The van der Waals surface area contributed by atoms with E-state index in [1.807, 2.05) is 6.92 Å². The molecule has 0 bridgehead atoms. The molecule has 0 aliphatic carbocycles. The van der Waals surface area contributed by atoms with E-state index in [2.05, 4.69) is 5.32 Å². The fraction of sp³-hybridized carbons (Fsp3) is 0.250. The van der Waals surface area contributed by atoms with Crippen LogP contribution in [0, 0.1) is 0 Å². The number of ether oxygens (including phenoxy) is 1. The van der Waals surface area contributed by atoms with E-state index >= 15 is 0 Å². The van der Waals surface area contributed by atoms with Gasteiger partial charge in [0, 0.05) is 5.56 Å². The Morgan fingerprint density at radius 2 is 2.10 bits per heavy atom. The fourth-order valence-corrected chi connectivity index (χ4v) is 1.78. The van der Waals surface area contributed by atoms with Gasteiger partial charge in [0.25, 0.3) is 5.91 Å². The third-order valence-electron chi connectivity index (χ3n) is 2.84. The molecular weight excluding hydrogens is 270 g/mol. The molecule has 0 fully saturated rings. The largest absolute Gasteiger partial charge is 0.491 e. The SMILES string of the molecule is CCCOc1ccc(C(C)=O)cc1NC(=O)c1ccco1. The molecule has 0 spiro atoms. The second-order valence-electron chi connectivity index (χ2n) is 4.55. The van der Waals surface area contributed by atoms with Gasteiger partial charge in [0.05, 0.1) is 18.6 Å². The van der Waals surface area contributed by atoms with E-state index in [4.69, 9.17) is 9.15 Å². The molecule has 1 heterocycles. The van der Waals surface area contributed by atoms with Crippen LogP contribution >= 0.6 is 0 Å². The second-order valence-corrected chi connectivity index (χ2v) is 4.55. The fourth-order valence-electron chi connectivity index (χ4n) is 1.78. The monoisotopic (exact) mass is 287 g/mol. The number of carbonyl (C=O) groups is 2. The molecule has 1 aromatic carbocycles. The minimum Gasteiger partial charge on any atom is -0.491 e. The van der Waals surface area contributed by atoms with Crippen molar-refractivity contribution in [2.75, 3.05) is 11.9 Å². The molecule has 1 aromatic heterocycles. The summed E-state index contributed by atoms with van der Waals surface area (Å²) in [6.45, 7) is 3.99. The first-order valence-electron chi connectivity index (χ1n) is 6.74. The maximum Gasteiger partial charge on any atom is 0.291 e. The molecule has 5 nitrogen and oxygen atoms in total. The molecule has 0 aliphatic rings. The van der Waals surface area contributed by atoms with Gasteiger partial charge in [0.2, 0.25) is 0 Å². The van der Waals surface area contributed by atoms with Gasteiger partial charge in [-0.05, 0) is 43.7 Å². The Morgan fingerprint density at radius 3 is 2.71 bits per heavy atom. The number of amides is 1. The van der Waals surface area contributed by atoms with Crippen LogP contribution in [-0.2, 0) is 0 Å². The first kappa shape index (κ1) is 14.8. The summed E-state index contributed by atoms with van der Waals surface area (Å²) in [5.41, 5.74) is 0.964. The number of ketones is 1. The molecule has 1 amide bonds. The molecule has 2 rings (SSSR count). The number of furan rings is 1. The Morgan fingerprint density at radius 1 is 1.29 bits per heavy atom. The minimum absolute atomic E-state index is 0.0782. The van der Waals surface area contributed by atoms with Gasteiger partial charge in [-0.2, -0.15) is 0 Å². The molecule has 0 unspecified atom stereocenters. The van der Waals surface area contributed by atoms with Crippen LogP contribution in [0.4, 0.5) is 5.69 Å². The molecule has 0 saturated heterocycles. The molecular formula is C16H17NO4. The molecule has 1 N–H and O–H groups in total. The molecule has 21 heavy (non-hydrogen) atoms. The van der Waals surface area contributed by atoms with Crippen LogP contribution in [0.1, 0.15) is 41.2 Å². The third kappa shape index (κ3) is 3.72. The van der Waals surface area contributed by atoms with Gasteiger partial charge in [-0.3, -0.25) is 9.59 Å². The molecule has 0 atom stereocenters. The number of carbonyl (C=O) groups excluding carboxylic acids is 2. The summed E-state index contributed by atoms with van der Waals surface area (Å²) in [5.74, 6) is 0.263. The van der Waals surface area contributed by atoms with Crippen molar-refractivity contribution >= 4 is 17.4 Å². The average Bonchev–Trinajstić information content (AvgIpc) is 3.00. The summed E-state index contributed by atoms with van der Waals surface area (Å²) in [4.78, 5) is 23.5. The topological polar surface area (TPSA) is 68.5 Å². The summed E-state index contributed by atoms with van der Waals surface area (Å²) in [6, 6.07) is 8.17. The average molecular weight is 287 g/mol. The summed E-state index contributed by atoms with van der Waals surface area (Å²) in [5, 5.41) is 2.71. The predicted molar refractivity (Wildman–Crippen MR) is 78.9 cm³/mol. The highest BCUT2D eigenvalue weighted by molar-refractivity contribution is 6.04. The van der Waals surface area contributed by atoms with Crippen molar-refractivity contribution in [3.8, 4) is 5.75 Å². The molecule has 110 valence electrons. The number of benzene rings is 1. The molecule has 0 aliphatic heterocycles. The lowest BCUT2D eigenvalue weighted by molar-refractivity contribution is 0.0991. The van der Waals surface area contributed by atoms with Gasteiger partial charge in [-0.25, -0.2) is 0 Å². The van der Waals surface area contributed by atoms with E-state index in [-0.39, 0.29) is 17.5 Å². The Balaban J connectivity index is 2.27. The van der Waals surface area contributed by atoms with Crippen LogP contribution in [-0.4, -0.2) is 18.3 Å². The normalized spacial score (nSPS) is 10.2. The zero-order valence-electron chi connectivity index (χ0n) is 12.0. The summed E-state index contributed by atoms with van der Waals surface area (Å²) in [7, 11) is 0. The van der Waals surface area contributed by atoms with Crippen LogP contribution in [0.5, 0.6) is 5.75 Å². The molecule has 2 aromatic rings. The lowest BCUT2D eigenvalue weighted by atomic mass is 10.1. The van der Waals surface area contributed by atoms with Crippen LogP contribution in [0.25, 0.3) is 0 Å². The van der Waals surface area contributed by atoms with E-state index in [1.165, 1.54) is 13.2 Å². The number of hydrogen-bond acceptors (Lipinski definition) is 4. The van der Waals surface area contributed by atoms with Crippen molar-refractivity contribution in [1.82, 2.24) is 0 Å². The van der Waals surface area contributed by atoms with Crippen molar-refractivity contribution in [3.05, 3.63) is 47.9 Å². The maximum absolute atomic E-state index is 12.0. The lowest BCUT2D eigenvalue weighted by Crippen LogP contribution is -2.13. The predicted octanol–water partition coefficient (Wildman–Crippen LogP) is 3.52. The maximum atomic E-state index is 12.0. The van der Waals surface area contributed by atoms with Gasteiger partial charge in [0.1, 0.15) is 5.75 Å². The summed E-state index contributed by atoms with van der Waals surface area (Å²) >= 11 is 0. The molecule has 0 saturated carbocycles. The molecule has 0 radical (unpaired) electrons. The Kier molecular flexibility index (Phi) is 4.77. The number of hydrogen-bond donors (Lipinski definition) is 1. The van der Waals surface area contributed by atoms with Gasteiger partial charge >= 0.3 is 0 Å². The van der Waals surface area contributed by atoms with Crippen molar-refractivity contribution in [2.24, 2.45) is 0 Å². The van der Waals surface area contributed by atoms with E-state index < -0.39 is 0 Å². The highest BCUT2D eigenvalue weighted by atomic mass is 16.5. The van der Waals surface area contributed by atoms with Crippen LogP contribution in [0.15, 0.2) is 41.0 Å².